The van der Waals surface area contributed by atoms with Gasteiger partial charge < -0.3 is 10.1 Å². The Balaban J connectivity index is 2.79. The zero-order valence-corrected chi connectivity index (χ0v) is 9.47. The van der Waals surface area contributed by atoms with E-state index in [1.165, 1.54) is 12.8 Å². The molecule has 0 radical (unpaired) electrons. The summed E-state index contributed by atoms with van der Waals surface area (Å²) < 4.78 is 5.69. The van der Waals surface area contributed by atoms with E-state index < -0.39 is 0 Å². The number of rotatable bonds is 3. The van der Waals surface area contributed by atoms with Crippen LogP contribution in [0.1, 0.15) is 32.6 Å². The highest BCUT2D eigenvalue weighted by Crippen LogP contribution is 2.36. The summed E-state index contributed by atoms with van der Waals surface area (Å²) in [5.41, 5.74) is -0.138. The van der Waals surface area contributed by atoms with Crippen molar-refractivity contribution in [2.45, 2.75) is 44.2 Å². The van der Waals surface area contributed by atoms with E-state index in [0.717, 1.165) is 12.8 Å². The van der Waals surface area contributed by atoms with E-state index in [-0.39, 0.29) is 11.6 Å². The predicted octanol–water partition coefficient (Wildman–Crippen LogP) is 1.80. The summed E-state index contributed by atoms with van der Waals surface area (Å²) in [7, 11) is 3.68. The second-order valence-corrected chi connectivity index (χ2v) is 4.36. The van der Waals surface area contributed by atoms with Crippen LogP contribution in [-0.4, -0.2) is 25.8 Å². The van der Waals surface area contributed by atoms with Gasteiger partial charge in [-0.1, -0.05) is 25.7 Å². The van der Waals surface area contributed by atoms with Crippen LogP contribution in [0, 0.1) is 18.3 Å². The molecule has 1 aliphatic rings. The van der Waals surface area contributed by atoms with Gasteiger partial charge in [0.05, 0.1) is 11.6 Å². The molecule has 0 aromatic carbocycles. The smallest absolute Gasteiger partial charge is 0.0978 e. The first-order valence-electron chi connectivity index (χ1n) is 5.37. The molecule has 1 aliphatic carbocycles. The van der Waals surface area contributed by atoms with Gasteiger partial charge in [-0.2, -0.15) is 0 Å². The van der Waals surface area contributed by atoms with Crippen LogP contribution in [0.2, 0.25) is 0 Å². The summed E-state index contributed by atoms with van der Waals surface area (Å²) in [4.78, 5) is 0. The Morgan fingerprint density at radius 2 is 2.36 bits per heavy atom. The molecule has 0 amide bonds. The van der Waals surface area contributed by atoms with E-state index in [0.29, 0.717) is 5.92 Å². The molecular weight excluding hydrogens is 174 g/mol. The van der Waals surface area contributed by atoms with Gasteiger partial charge in [0.15, 0.2) is 0 Å². The Labute approximate surface area is 87.4 Å². The lowest BCUT2D eigenvalue weighted by molar-refractivity contribution is -0.0648. The number of nitrogens with one attached hydrogen (secondary N) is 1. The summed E-state index contributed by atoms with van der Waals surface area (Å²) in [6.45, 7) is 2.27. The fraction of sp³-hybridized carbons (Fsp3) is 0.833. The van der Waals surface area contributed by atoms with Crippen molar-refractivity contribution in [3.05, 3.63) is 0 Å². The quantitative estimate of drug-likeness (QED) is 0.693. The zero-order chi connectivity index (χ0) is 10.6. The Bertz CT molecular complexity index is 221. The average molecular weight is 195 g/mol. The average Bonchev–Trinajstić information content (AvgIpc) is 2.19. The highest BCUT2D eigenvalue weighted by Gasteiger charge is 2.40. The van der Waals surface area contributed by atoms with Crippen LogP contribution in [0.25, 0.3) is 0 Å². The number of methoxy groups -OCH3 is 1. The van der Waals surface area contributed by atoms with Crippen LogP contribution in [0.3, 0.4) is 0 Å². The standard InChI is InChI=1S/C12H21NO/c1-5-11(13-3)12(14-4)8-6-7-10(2)9-12/h1,10-11,13H,6-9H2,2-4H3. The highest BCUT2D eigenvalue weighted by atomic mass is 16.5. The second-order valence-electron chi connectivity index (χ2n) is 4.36. The first kappa shape index (κ1) is 11.6. The van der Waals surface area contributed by atoms with Crippen LogP contribution < -0.4 is 5.32 Å². The van der Waals surface area contributed by atoms with Gasteiger partial charge in [-0.25, -0.2) is 0 Å². The molecule has 0 bridgehead atoms. The van der Waals surface area contributed by atoms with Crippen molar-refractivity contribution in [2.24, 2.45) is 5.92 Å². The number of hydrogen-bond acceptors (Lipinski definition) is 2. The van der Waals surface area contributed by atoms with Crippen molar-refractivity contribution in [1.82, 2.24) is 5.32 Å². The van der Waals surface area contributed by atoms with Crippen LogP contribution in [0.5, 0.6) is 0 Å². The molecule has 80 valence electrons. The molecule has 3 unspecified atom stereocenters. The van der Waals surface area contributed by atoms with E-state index in [9.17, 15) is 0 Å². The lowest BCUT2D eigenvalue weighted by Crippen LogP contribution is -2.52. The van der Waals surface area contributed by atoms with Crippen molar-refractivity contribution < 1.29 is 4.74 Å². The predicted molar refractivity (Wildman–Crippen MR) is 59.1 cm³/mol. The minimum atomic E-state index is -0.138. The van der Waals surface area contributed by atoms with Gasteiger partial charge in [0.25, 0.3) is 0 Å². The molecule has 14 heavy (non-hydrogen) atoms. The molecule has 0 saturated heterocycles. The SMILES string of the molecule is C#CC(NC)C1(OC)CCCC(C)C1. The molecule has 2 heteroatoms. The molecule has 1 saturated carbocycles. The second kappa shape index (κ2) is 4.82. The third-order valence-electron chi connectivity index (χ3n) is 3.38. The molecule has 0 heterocycles. The highest BCUT2D eigenvalue weighted by molar-refractivity contribution is 5.11. The minimum absolute atomic E-state index is 0.0373. The zero-order valence-electron chi connectivity index (χ0n) is 9.47. The molecule has 0 aromatic rings. The van der Waals surface area contributed by atoms with E-state index in [1.54, 1.807) is 7.11 Å². The summed E-state index contributed by atoms with van der Waals surface area (Å²) in [6.07, 6.45) is 10.2. The van der Waals surface area contributed by atoms with E-state index in [1.807, 2.05) is 7.05 Å². The normalized spacial score (nSPS) is 34.9. The summed E-state index contributed by atoms with van der Waals surface area (Å²) in [5.74, 6) is 3.51. The van der Waals surface area contributed by atoms with E-state index in [2.05, 4.69) is 18.2 Å². The number of hydrogen-bond donors (Lipinski definition) is 1. The number of likely N-dealkylation sites (N-methyl/N-ethyl adjacent to an activating group) is 1. The lowest BCUT2D eigenvalue weighted by atomic mass is 9.75. The third kappa shape index (κ3) is 2.10. The van der Waals surface area contributed by atoms with Gasteiger partial charge in [-0.05, 0) is 25.8 Å². The molecule has 1 rings (SSSR count). The molecule has 3 atom stereocenters. The Morgan fingerprint density at radius 1 is 1.64 bits per heavy atom. The van der Waals surface area contributed by atoms with Crippen molar-refractivity contribution >= 4 is 0 Å². The lowest BCUT2D eigenvalue weighted by Gasteiger charge is -2.42. The number of ether oxygens (including phenoxy) is 1. The summed E-state index contributed by atoms with van der Waals surface area (Å²) in [6, 6.07) is 0.0373. The molecule has 0 aromatic heterocycles. The monoisotopic (exact) mass is 195 g/mol. The first-order valence-corrected chi connectivity index (χ1v) is 5.37. The first-order chi connectivity index (χ1) is 6.68. The van der Waals surface area contributed by atoms with E-state index >= 15 is 0 Å². The van der Waals surface area contributed by atoms with Crippen molar-refractivity contribution in [2.75, 3.05) is 14.2 Å². The maximum Gasteiger partial charge on any atom is 0.0978 e. The number of terminal acetylenes is 1. The largest absolute Gasteiger partial charge is 0.376 e. The van der Waals surface area contributed by atoms with Crippen LogP contribution in [-0.2, 0) is 4.74 Å². The Hall–Kier alpha value is -0.520. The molecule has 0 aliphatic heterocycles. The Kier molecular flexibility index (Phi) is 3.97. The fourth-order valence-corrected chi connectivity index (χ4v) is 2.61. The van der Waals surface area contributed by atoms with Crippen LogP contribution >= 0.6 is 0 Å². The van der Waals surface area contributed by atoms with Gasteiger partial charge in [-0.3, -0.25) is 0 Å². The third-order valence-corrected chi connectivity index (χ3v) is 3.38. The fourth-order valence-electron chi connectivity index (χ4n) is 2.61. The van der Waals surface area contributed by atoms with Gasteiger partial charge in [0, 0.05) is 7.11 Å². The minimum Gasteiger partial charge on any atom is -0.376 e. The van der Waals surface area contributed by atoms with Crippen molar-refractivity contribution in [3.63, 3.8) is 0 Å². The maximum atomic E-state index is 5.69. The Morgan fingerprint density at radius 3 is 2.79 bits per heavy atom. The van der Waals surface area contributed by atoms with Gasteiger partial charge in [0.1, 0.15) is 0 Å². The van der Waals surface area contributed by atoms with Crippen LogP contribution in [0.4, 0.5) is 0 Å². The summed E-state index contributed by atoms with van der Waals surface area (Å²) in [5, 5.41) is 3.17. The van der Waals surface area contributed by atoms with Gasteiger partial charge >= 0.3 is 0 Å². The van der Waals surface area contributed by atoms with Crippen LogP contribution in [0.15, 0.2) is 0 Å². The topological polar surface area (TPSA) is 21.3 Å². The van der Waals surface area contributed by atoms with Crippen molar-refractivity contribution in [3.8, 4) is 12.3 Å². The van der Waals surface area contributed by atoms with Gasteiger partial charge in [0.2, 0.25) is 0 Å². The molecular formula is C12H21NO. The maximum absolute atomic E-state index is 5.69. The molecule has 0 spiro atoms. The van der Waals surface area contributed by atoms with E-state index in [4.69, 9.17) is 11.2 Å². The van der Waals surface area contributed by atoms with Crippen molar-refractivity contribution in [1.29, 1.82) is 0 Å². The molecule has 1 fully saturated rings. The van der Waals surface area contributed by atoms with Gasteiger partial charge in [-0.15, -0.1) is 6.42 Å². The summed E-state index contributed by atoms with van der Waals surface area (Å²) >= 11 is 0. The molecule has 2 nitrogen and oxygen atoms in total. The molecule has 1 N–H and O–H groups in total.